The highest BCUT2D eigenvalue weighted by atomic mass is 19.3. The summed E-state index contributed by atoms with van der Waals surface area (Å²) in [7, 11) is 0. The second kappa shape index (κ2) is 6.70. The van der Waals surface area contributed by atoms with E-state index in [1.807, 2.05) is 0 Å². The molecule has 1 aromatic rings. The highest BCUT2D eigenvalue weighted by molar-refractivity contribution is 5.78. The number of hydrogen-bond donors (Lipinski definition) is 1. The van der Waals surface area contributed by atoms with Gasteiger partial charge in [0.15, 0.2) is 23.3 Å². The lowest BCUT2D eigenvalue weighted by Gasteiger charge is -2.11. The molecule has 0 aliphatic heterocycles. The Kier molecular flexibility index (Phi) is 5.17. The molecule has 0 spiro atoms. The van der Waals surface area contributed by atoms with Gasteiger partial charge in [0, 0.05) is 5.92 Å². The summed E-state index contributed by atoms with van der Waals surface area (Å²) in [4.78, 5) is 11.9. The molecule has 0 saturated heterocycles. The van der Waals surface area contributed by atoms with Gasteiger partial charge < -0.3 is 9.84 Å². The minimum absolute atomic E-state index is 0.586. The van der Waals surface area contributed by atoms with Gasteiger partial charge in [-0.2, -0.15) is 8.78 Å². The van der Waals surface area contributed by atoms with Crippen molar-refractivity contribution in [2.24, 2.45) is 17.3 Å². The van der Waals surface area contributed by atoms with Crippen LogP contribution in [0.2, 0.25) is 0 Å². The minimum Gasteiger partial charge on any atom is -0.460 e. The first-order valence-corrected chi connectivity index (χ1v) is 7.18. The zero-order valence-electron chi connectivity index (χ0n) is 13.2. The Labute approximate surface area is 138 Å². The van der Waals surface area contributed by atoms with Crippen molar-refractivity contribution in [1.29, 1.82) is 0 Å². The first-order chi connectivity index (χ1) is 11.5. The summed E-state index contributed by atoms with van der Waals surface area (Å²) in [6, 6.07) is 0. The van der Waals surface area contributed by atoms with E-state index in [-0.39, 0.29) is 0 Å². The van der Waals surface area contributed by atoms with E-state index in [1.54, 1.807) is 0 Å². The van der Waals surface area contributed by atoms with E-state index in [2.05, 4.69) is 4.74 Å². The van der Waals surface area contributed by atoms with E-state index in [9.17, 15) is 31.1 Å². The van der Waals surface area contributed by atoms with Crippen molar-refractivity contribution in [3.63, 3.8) is 0 Å². The summed E-state index contributed by atoms with van der Waals surface area (Å²) in [6.45, 7) is 0.682. The van der Waals surface area contributed by atoms with Gasteiger partial charge >= 0.3 is 5.97 Å². The van der Waals surface area contributed by atoms with Crippen LogP contribution in [0, 0.1) is 40.5 Å². The van der Waals surface area contributed by atoms with Crippen molar-refractivity contribution in [3.05, 3.63) is 46.6 Å². The van der Waals surface area contributed by atoms with Gasteiger partial charge in [-0.1, -0.05) is 13.8 Å². The van der Waals surface area contributed by atoms with Crippen LogP contribution >= 0.6 is 0 Å². The molecule has 0 heterocycles. The molecule has 0 aromatic heterocycles. The summed E-state index contributed by atoms with van der Waals surface area (Å²) in [5.74, 6) is -9.97. The smallest absolute Gasteiger partial charge is 0.310 e. The molecule has 0 bridgehead atoms. The molecule has 1 aliphatic carbocycles. The quantitative estimate of drug-likeness (QED) is 0.488. The predicted octanol–water partition coefficient (Wildman–Crippen LogP) is 3.83. The van der Waals surface area contributed by atoms with Gasteiger partial charge in [-0.3, -0.25) is 4.79 Å². The van der Waals surface area contributed by atoms with Crippen molar-refractivity contribution in [3.8, 4) is 0 Å². The van der Waals surface area contributed by atoms with Crippen molar-refractivity contribution in [2.75, 3.05) is 0 Å². The van der Waals surface area contributed by atoms with Crippen molar-refractivity contribution in [1.82, 2.24) is 0 Å². The number of ether oxygens (including phenoxy) is 1. The van der Waals surface area contributed by atoms with Crippen LogP contribution in [0.3, 0.4) is 0 Å². The Hall–Kier alpha value is -2.03. The molecule has 3 nitrogen and oxygen atoms in total. The monoisotopic (exact) mass is 368 g/mol. The third-order valence-electron chi connectivity index (χ3n) is 4.43. The fraction of sp³-hybridized carbons (Fsp3) is 0.438. The average molecular weight is 368 g/mol. The van der Waals surface area contributed by atoms with Crippen molar-refractivity contribution >= 4 is 5.97 Å². The van der Waals surface area contributed by atoms with Crippen LogP contribution < -0.4 is 0 Å². The van der Waals surface area contributed by atoms with E-state index in [0.29, 0.717) is 6.08 Å². The molecular weight excluding hydrogens is 354 g/mol. The number of aliphatic hydroxyl groups excluding tert-OH is 1. The van der Waals surface area contributed by atoms with Crippen LogP contribution in [0.25, 0.3) is 0 Å². The maximum absolute atomic E-state index is 13.8. The summed E-state index contributed by atoms with van der Waals surface area (Å²) in [6.07, 6.45) is -1.39. The lowest BCUT2D eigenvalue weighted by Crippen LogP contribution is -2.14. The SMILES string of the molecule is CC1(C)[C@H](C=C(F)F)[C@@H]1C(=O)OCc1c(F)c(F)c(CO)c(F)c1F. The largest absolute Gasteiger partial charge is 0.460 e. The summed E-state index contributed by atoms with van der Waals surface area (Å²) in [5.41, 5.74) is -3.19. The van der Waals surface area contributed by atoms with Gasteiger partial charge in [0.25, 0.3) is 6.08 Å². The molecule has 9 heteroatoms. The molecule has 2 atom stereocenters. The number of carbonyl (C=O) groups is 1. The predicted molar refractivity (Wildman–Crippen MR) is 73.1 cm³/mol. The summed E-state index contributed by atoms with van der Waals surface area (Å²) >= 11 is 0. The van der Waals surface area contributed by atoms with E-state index in [1.165, 1.54) is 13.8 Å². The van der Waals surface area contributed by atoms with Gasteiger partial charge in [-0.15, -0.1) is 0 Å². The summed E-state index contributed by atoms with van der Waals surface area (Å²) < 4.78 is 84.0. The third-order valence-corrected chi connectivity index (χ3v) is 4.43. The molecule has 25 heavy (non-hydrogen) atoms. The van der Waals surface area contributed by atoms with Crippen LogP contribution in [-0.2, 0) is 22.7 Å². The fourth-order valence-corrected chi connectivity index (χ4v) is 2.80. The van der Waals surface area contributed by atoms with E-state index in [0.717, 1.165) is 0 Å². The van der Waals surface area contributed by atoms with Crippen LogP contribution in [0.5, 0.6) is 0 Å². The normalized spacial score (nSPS) is 21.0. The third kappa shape index (κ3) is 3.37. The molecule has 0 amide bonds. The Morgan fingerprint density at radius 1 is 1.08 bits per heavy atom. The maximum Gasteiger partial charge on any atom is 0.310 e. The Balaban J connectivity index is 2.18. The van der Waals surface area contributed by atoms with Crippen LogP contribution in [0.1, 0.15) is 25.0 Å². The molecule has 138 valence electrons. The number of aliphatic hydroxyl groups is 1. The van der Waals surface area contributed by atoms with Gasteiger partial charge in [0.1, 0.15) is 6.61 Å². The van der Waals surface area contributed by atoms with Crippen LogP contribution in [-0.4, -0.2) is 11.1 Å². The standard InChI is InChI=1S/C16H14F6O3/c1-16(2)8(3-9(17)18)10(16)15(24)25-5-7-13(21)11(19)6(4-23)12(20)14(7)22/h3,8,10,23H,4-5H2,1-2H3/t8-,10-/m1/s1. The second-order valence-corrected chi connectivity index (χ2v) is 6.26. The van der Waals surface area contributed by atoms with Crippen LogP contribution in [0.4, 0.5) is 26.3 Å². The van der Waals surface area contributed by atoms with Crippen LogP contribution in [0.15, 0.2) is 12.2 Å². The van der Waals surface area contributed by atoms with Gasteiger partial charge in [0.2, 0.25) is 0 Å². The minimum atomic E-state index is -1.98. The van der Waals surface area contributed by atoms with Gasteiger partial charge in [-0.25, -0.2) is 17.6 Å². The number of esters is 1. The highest BCUT2D eigenvalue weighted by Gasteiger charge is 2.62. The molecule has 0 radical (unpaired) electrons. The number of benzene rings is 1. The number of carbonyl (C=O) groups excluding carboxylic acids is 1. The maximum atomic E-state index is 13.8. The Bertz CT molecular complexity index is 711. The topological polar surface area (TPSA) is 46.5 Å². The molecule has 1 N–H and O–H groups in total. The lowest BCUT2D eigenvalue weighted by atomic mass is 10.1. The first kappa shape index (κ1) is 19.3. The lowest BCUT2D eigenvalue weighted by molar-refractivity contribution is -0.147. The number of halogens is 6. The van der Waals surface area contributed by atoms with Crippen molar-refractivity contribution < 1.29 is 41.0 Å². The molecular formula is C16H14F6O3. The fourth-order valence-electron chi connectivity index (χ4n) is 2.80. The van der Waals surface area contributed by atoms with Crippen molar-refractivity contribution in [2.45, 2.75) is 27.1 Å². The molecule has 0 unspecified atom stereocenters. The molecule has 1 aromatic carbocycles. The molecule has 1 saturated carbocycles. The number of allylic oxidation sites excluding steroid dienone is 1. The average Bonchev–Trinajstić information content (AvgIpc) is 3.05. The van der Waals surface area contributed by atoms with E-state index < -0.39 is 76.9 Å². The number of rotatable bonds is 5. The second-order valence-electron chi connectivity index (χ2n) is 6.26. The van der Waals surface area contributed by atoms with E-state index >= 15 is 0 Å². The molecule has 2 rings (SSSR count). The van der Waals surface area contributed by atoms with Gasteiger partial charge in [0.05, 0.1) is 23.7 Å². The Morgan fingerprint density at radius 2 is 1.56 bits per heavy atom. The zero-order valence-corrected chi connectivity index (χ0v) is 13.2. The highest BCUT2D eigenvalue weighted by Crippen LogP contribution is 2.60. The van der Waals surface area contributed by atoms with Gasteiger partial charge in [-0.05, 0) is 11.5 Å². The Morgan fingerprint density at radius 3 is 2.00 bits per heavy atom. The zero-order chi connectivity index (χ0) is 19.1. The summed E-state index contributed by atoms with van der Waals surface area (Å²) in [5, 5.41) is 8.73. The number of hydrogen-bond acceptors (Lipinski definition) is 3. The van der Waals surface area contributed by atoms with E-state index in [4.69, 9.17) is 5.11 Å². The molecule has 1 fully saturated rings. The molecule has 1 aliphatic rings. The first-order valence-electron chi connectivity index (χ1n) is 7.18.